The number of nitrogens with zero attached hydrogens (tertiary/aromatic N) is 1. The lowest BCUT2D eigenvalue weighted by Crippen LogP contribution is -2.43. The summed E-state index contributed by atoms with van der Waals surface area (Å²) in [6.07, 6.45) is 1.45. The molecular weight excluding hydrogens is 344 g/mol. The Bertz CT molecular complexity index is 777. The summed E-state index contributed by atoms with van der Waals surface area (Å²) < 4.78 is 0. The van der Waals surface area contributed by atoms with E-state index in [1.807, 2.05) is 29.3 Å². The molecule has 138 valence electrons. The predicted molar refractivity (Wildman–Crippen MR) is 105 cm³/mol. The molecule has 1 saturated heterocycles. The van der Waals surface area contributed by atoms with Gasteiger partial charge in [0, 0.05) is 19.0 Å². The highest BCUT2D eigenvalue weighted by Gasteiger charge is 2.29. The van der Waals surface area contributed by atoms with Crippen molar-refractivity contribution in [1.29, 1.82) is 0 Å². The minimum atomic E-state index is -0.0186. The van der Waals surface area contributed by atoms with Gasteiger partial charge in [0.25, 0.3) is 5.91 Å². The van der Waals surface area contributed by atoms with Crippen molar-refractivity contribution in [2.45, 2.75) is 39.7 Å². The maximum absolute atomic E-state index is 12.7. The van der Waals surface area contributed by atoms with Crippen molar-refractivity contribution in [3.63, 3.8) is 0 Å². The molecule has 1 aromatic carbocycles. The SMILES string of the molecule is Cc1ccc(C)c(C(C)NC(=O)C2CCN(C(=O)c3cccs3)CC2)c1. The van der Waals surface area contributed by atoms with E-state index in [1.54, 1.807) is 0 Å². The fourth-order valence-electron chi connectivity index (χ4n) is 3.54. The fourth-order valence-corrected chi connectivity index (χ4v) is 4.23. The summed E-state index contributed by atoms with van der Waals surface area (Å²) in [5.74, 6) is 0.166. The maximum Gasteiger partial charge on any atom is 0.263 e. The third-order valence-corrected chi connectivity index (χ3v) is 6.00. The van der Waals surface area contributed by atoms with E-state index in [4.69, 9.17) is 0 Å². The fraction of sp³-hybridized carbons (Fsp3) is 0.429. The maximum atomic E-state index is 12.7. The molecule has 2 aromatic rings. The van der Waals surface area contributed by atoms with Gasteiger partial charge in [-0.05, 0) is 56.2 Å². The third-order valence-electron chi connectivity index (χ3n) is 5.14. The lowest BCUT2D eigenvalue weighted by atomic mass is 9.94. The second kappa shape index (κ2) is 8.04. The Hall–Kier alpha value is -2.14. The molecule has 5 heteroatoms. The Kier molecular flexibility index (Phi) is 5.77. The highest BCUT2D eigenvalue weighted by atomic mass is 32.1. The van der Waals surface area contributed by atoms with Gasteiger partial charge in [-0.1, -0.05) is 29.8 Å². The Labute approximate surface area is 159 Å². The van der Waals surface area contributed by atoms with Crippen LogP contribution in [-0.2, 0) is 4.79 Å². The number of carbonyl (C=O) groups is 2. The molecule has 1 aliphatic heterocycles. The van der Waals surface area contributed by atoms with Crippen LogP contribution in [-0.4, -0.2) is 29.8 Å². The number of hydrogen-bond donors (Lipinski definition) is 1. The summed E-state index contributed by atoms with van der Waals surface area (Å²) in [4.78, 5) is 27.7. The summed E-state index contributed by atoms with van der Waals surface area (Å²) in [6, 6.07) is 10.1. The van der Waals surface area contributed by atoms with Gasteiger partial charge in [0.05, 0.1) is 10.9 Å². The molecule has 26 heavy (non-hydrogen) atoms. The van der Waals surface area contributed by atoms with E-state index >= 15 is 0 Å². The quantitative estimate of drug-likeness (QED) is 0.881. The van der Waals surface area contributed by atoms with Gasteiger partial charge in [-0.15, -0.1) is 11.3 Å². The number of likely N-dealkylation sites (tertiary alicyclic amines) is 1. The zero-order valence-electron chi connectivity index (χ0n) is 15.6. The molecule has 1 aliphatic rings. The average Bonchev–Trinajstić information content (AvgIpc) is 3.17. The number of piperidine rings is 1. The van der Waals surface area contributed by atoms with E-state index < -0.39 is 0 Å². The number of benzene rings is 1. The molecule has 1 atom stereocenters. The number of aryl methyl sites for hydroxylation is 2. The first-order chi connectivity index (χ1) is 12.5. The van der Waals surface area contributed by atoms with Crippen LogP contribution in [0.3, 0.4) is 0 Å². The second-order valence-electron chi connectivity index (χ2n) is 7.13. The monoisotopic (exact) mass is 370 g/mol. The molecule has 1 unspecified atom stereocenters. The predicted octanol–water partition coefficient (Wildman–Crippen LogP) is 4.09. The van der Waals surface area contributed by atoms with Gasteiger partial charge in [-0.25, -0.2) is 0 Å². The molecular formula is C21H26N2O2S. The molecule has 1 aromatic heterocycles. The van der Waals surface area contributed by atoms with Crippen LogP contribution in [0.25, 0.3) is 0 Å². The van der Waals surface area contributed by atoms with Gasteiger partial charge in [-0.2, -0.15) is 0 Å². The Morgan fingerprint density at radius 2 is 1.92 bits per heavy atom. The zero-order chi connectivity index (χ0) is 18.7. The van der Waals surface area contributed by atoms with E-state index in [0.717, 1.165) is 17.7 Å². The van der Waals surface area contributed by atoms with E-state index in [0.29, 0.717) is 13.1 Å². The van der Waals surface area contributed by atoms with Gasteiger partial charge in [0.15, 0.2) is 0 Å². The number of thiophene rings is 1. The van der Waals surface area contributed by atoms with Crippen LogP contribution in [0.4, 0.5) is 0 Å². The Morgan fingerprint density at radius 3 is 2.58 bits per heavy atom. The summed E-state index contributed by atoms with van der Waals surface area (Å²) in [6.45, 7) is 7.47. The van der Waals surface area contributed by atoms with Gasteiger partial charge in [0.1, 0.15) is 0 Å². The lowest BCUT2D eigenvalue weighted by Gasteiger charge is -2.31. The molecule has 0 aliphatic carbocycles. The van der Waals surface area contributed by atoms with Gasteiger partial charge in [0.2, 0.25) is 5.91 Å². The van der Waals surface area contributed by atoms with E-state index in [9.17, 15) is 9.59 Å². The number of carbonyl (C=O) groups excluding carboxylic acids is 2. The third kappa shape index (κ3) is 4.15. The van der Waals surface area contributed by atoms with E-state index in [2.05, 4.69) is 37.4 Å². The smallest absolute Gasteiger partial charge is 0.263 e. The zero-order valence-corrected chi connectivity index (χ0v) is 16.4. The summed E-state index contributed by atoms with van der Waals surface area (Å²) in [5, 5.41) is 5.08. The van der Waals surface area contributed by atoms with Crippen molar-refractivity contribution in [2.24, 2.45) is 5.92 Å². The van der Waals surface area contributed by atoms with Crippen LogP contribution in [0.5, 0.6) is 0 Å². The normalized spacial score (nSPS) is 16.3. The Balaban J connectivity index is 1.55. The minimum absolute atomic E-state index is 0.00631. The van der Waals surface area contributed by atoms with Crippen LogP contribution in [0.15, 0.2) is 35.7 Å². The first kappa shape index (κ1) is 18.6. The molecule has 1 fully saturated rings. The van der Waals surface area contributed by atoms with Crippen LogP contribution >= 0.6 is 11.3 Å². The first-order valence-corrected chi connectivity index (χ1v) is 10.0. The highest BCUT2D eigenvalue weighted by Crippen LogP contribution is 2.23. The molecule has 2 amide bonds. The molecule has 1 N–H and O–H groups in total. The van der Waals surface area contributed by atoms with E-state index in [-0.39, 0.29) is 23.8 Å². The summed E-state index contributed by atoms with van der Waals surface area (Å²) in [7, 11) is 0. The van der Waals surface area contributed by atoms with Crippen molar-refractivity contribution in [3.05, 3.63) is 57.3 Å². The standard InChI is InChI=1S/C21H26N2O2S/c1-14-6-7-15(2)18(13-14)16(3)22-20(24)17-8-10-23(11-9-17)21(25)19-5-4-12-26-19/h4-7,12-13,16-17H,8-11H2,1-3H3,(H,22,24). The van der Waals surface area contributed by atoms with Crippen molar-refractivity contribution in [2.75, 3.05) is 13.1 Å². The molecule has 2 heterocycles. The lowest BCUT2D eigenvalue weighted by molar-refractivity contribution is -0.126. The largest absolute Gasteiger partial charge is 0.349 e. The molecule has 0 saturated carbocycles. The summed E-state index contributed by atoms with van der Waals surface area (Å²) in [5.41, 5.74) is 3.57. The van der Waals surface area contributed by atoms with Crippen LogP contribution in [0.2, 0.25) is 0 Å². The van der Waals surface area contributed by atoms with Crippen LogP contribution in [0, 0.1) is 19.8 Å². The number of hydrogen-bond acceptors (Lipinski definition) is 3. The molecule has 0 radical (unpaired) electrons. The van der Waals surface area contributed by atoms with Gasteiger partial charge in [-0.3, -0.25) is 9.59 Å². The molecule has 0 spiro atoms. The van der Waals surface area contributed by atoms with Crippen LogP contribution in [0.1, 0.15) is 52.2 Å². The average molecular weight is 371 g/mol. The van der Waals surface area contributed by atoms with Crippen molar-refractivity contribution in [1.82, 2.24) is 10.2 Å². The van der Waals surface area contributed by atoms with Crippen molar-refractivity contribution < 1.29 is 9.59 Å². The number of amides is 2. The van der Waals surface area contributed by atoms with E-state index in [1.165, 1.54) is 28.0 Å². The van der Waals surface area contributed by atoms with Crippen molar-refractivity contribution >= 4 is 23.2 Å². The van der Waals surface area contributed by atoms with Gasteiger partial charge >= 0.3 is 0 Å². The first-order valence-electron chi connectivity index (χ1n) is 9.16. The minimum Gasteiger partial charge on any atom is -0.349 e. The number of nitrogens with one attached hydrogen (secondary N) is 1. The summed E-state index contributed by atoms with van der Waals surface area (Å²) >= 11 is 1.47. The second-order valence-corrected chi connectivity index (χ2v) is 8.08. The molecule has 3 rings (SSSR count). The van der Waals surface area contributed by atoms with Crippen LogP contribution < -0.4 is 5.32 Å². The molecule has 4 nitrogen and oxygen atoms in total. The molecule has 0 bridgehead atoms. The number of rotatable bonds is 4. The highest BCUT2D eigenvalue weighted by molar-refractivity contribution is 7.12. The van der Waals surface area contributed by atoms with Gasteiger partial charge < -0.3 is 10.2 Å². The Morgan fingerprint density at radius 1 is 1.19 bits per heavy atom. The topological polar surface area (TPSA) is 49.4 Å². The van der Waals surface area contributed by atoms with Crippen molar-refractivity contribution in [3.8, 4) is 0 Å².